The topological polar surface area (TPSA) is 77.8 Å². The van der Waals surface area contributed by atoms with Gasteiger partial charge in [-0.2, -0.15) is 4.98 Å². The standard InChI is InChI=1S/C13H18N4O/c1-9-5-6-15-11(7-9)13-16-12(18-17-13)4-3-10(2)8-14/h5-7,10H,3-4,8,14H2,1-2H3. The summed E-state index contributed by atoms with van der Waals surface area (Å²) in [4.78, 5) is 8.58. The minimum Gasteiger partial charge on any atom is -0.339 e. The van der Waals surface area contributed by atoms with Gasteiger partial charge in [0.1, 0.15) is 5.69 Å². The average Bonchev–Trinajstić information content (AvgIpc) is 2.84. The lowest BCUT2D eigenvalue weighted by molar-refractivity contribution is 0.366. The van der Waals surface area contributed by atoms with E-state index in [1.54, 1.807) is 6.20 Å². The largest absolute Gasteiger partial charge is 0.339 e. The molecule has 18 heavy (non-hydrogen) atoms. The van der Waals surface area contributed by atoms with Gasteiger partial charge in [-0.15, -0.1) is 0 Å². The first-order valence-corrected chi connectivity index (χ1v) is 6.14. The predicted molar refractivity (Wildman–Crippen MR) is 68.8 cm³/mol. The maximum atomic E-state index is 5.57. The van der Waals surface area contributed by atoms with Gasteiger partial charge in [-0.3, -0.25) is 4.98 Å². The summed E-state index contributed by atoms with van der Waals surface area (Å²) in [6, 6.07) is 3.88. The lowest BCUT2D eigenvalue weighted by atomic mass is 10.1. The summed E-state index contributed by atoms with van der Waals surface area (Å²) in [5.41, 5.74) is 7.45. The van der Waals surface area contributed by atoms with Crippen molar-refractivity contribution in [3.63, 3.8) is 0 Å². The number of rotatable bonds is 5. The second-order valence-electron chi connectivity index (χ2n) is 4.61. The van der Waals surface area contributed by atoms with E-state index in [2.05, 4.69) is 22.0 Å². The fourth-order valence-corrected chi connectivity index (χ4v) is 1.61. The molecule has 0 aliphatic carbocycles. The van der Waals surface area contributed by atoms with Crippen molar-refractivity contribution in [2.45, 2.75) is 26.7 Å². The number of hydrogen-bond acceptors (Lipinski definition) is 5. The number of hydrogen-bond donors (Lipinski definition) is 1. The van der Waals surface area contributed by atoms with E-state index in [4.69, 9.17) is 10.3 Å². The molecule has 0 aliphatic heterocycles. The third-order valence-corrected chi connectivity index (χ3v) is 2.87. The van der Waals surface area contributed by atoms with Crippen molar-refractivity contribution in [3.05, 3.63) is 29.8 Å². The van der Waals surface area contributed by atoms with Gasteiger partial charge in [-0.25, -0.2) is 0 Å². The van der Waals surface area contributed by atoms with Gasteiger partial charge in [-0.05, 0) is 43.5 Å². The minimum atomic E-state index is 0.470. The van der Waals surface area contributed by atoms with Crippen LogP contribution >= 0.6 is 0 Å². The SMILES string of the molecule is Cc1ccnc(-c2noc(CCC(C)CN)n2)c1. The van der Waals surface area contributed by atoms with Crippen molar-refractivity contribution >= 4 is 0 Å². The fraction of sp³-hybridized carbons (Fsp3) is 0.462. The van der Waals surface area contributed by atoms with E-state index in [1.807, 2.05) is 19.1 Å². The van der Waals surface area contributed by atoms with Crippen molar-refractivity contribution < 1.29 is 4.52 Å². The Kier molecular flexibility index (Phi) is 4.04. The molecule has 0 bridgehead atoms. The van der Waals surface area contributed by atoms with Crippen LogP contribution in [0.1, 0.15) is 24.8 Å². The van der Waals surface area contributed by atoms with Gasteiger partial charge < -0.3 is 10.3 Å². The Morgan fingerprint density at radius 3 is 3.00 bits per heavy atom. The van der Waals surface area contributed by atoms with Gasteiger partial charge in [0, 0.05) is 12.6 Å². The molecule has 0 aliphatic rings. The van der Waals surface area contributed by atoms with E-state index in [0.717, 1.165) is 24.1 Å². The monoisotopic (exact) mass is 246 g/mol. The van der Waals surface area contributed by atoms with E-state index in [0.29, 0.717) is 24.2 Å². The number of nitrogens with zero attached hydrogens (tertiary/aromatic N) is 3. The maximum absolute atomic E-state index is 5.57. The molecule has 0 radical (unpaired) electrons. The van der Waals surface area contributed by atoms with E-state index >= 15 is 0 Å². The first-order valence-electron chi connectivity index (χ1n) is 6.14. The first kappa shape index (κ1) is 12.7. The second-order valence-corrected chi connectivity index (χ2v) is 4.61. The van der Waals surface area contributed by atoms with Crippen LogP contribution < -0.4 is 5.73 Å². The smallest absolute Gasteiger partial charge is 0.227 e. The van der Waals surface area contributed by atoms with E-state index in [1.165, 1.54) is 0 Å². The van der Waals surface area contributed by atoms with Crippen LogP contribution in [0.25, 0.3) is 11.5 Å². The van der Waals surface area contributed by atoms with Crippen LogP contribution in [0.5, 0.6) is 0 Å². The predicted octanol–water partition coefficient (Wildman–Crippen LogP) is 1.97. The summed E-state index contributed by atoms with van der Waals surface area (Å²) in [6.07, 6.45) is 3.47. The van der Waals surface area contributed by atoms with E-state index < -0.39 is 0 Å². The van der Waals surface area contributed by atoms with E-state index in [9.17, 15) is 0 Å². The zero-order valence-corrected chi connectivity index (χ0v) is 10.8. The molecular formula is C13H18N4O. The van der Waals surface area contributed by atoms with Crippen molar-refractivity contribution in [1.29, 1.82) is 0 Å². The quantitative estimate of drug-likeness (QED) is 0.872. The van der Waals surface area contributed by atoms with Gasteiger partial charge in [0.2, 0.25) is 11.7 Å². The zero-order valence-electron chi connectivity index (χ0n) is 10.8. The van der Waals surface area contributed by atoms with Crippen LogP contribution in [0.4, 0.5) is 0 Å². The van der Waals surface area contributed by atoms with E-state index in [-0.39, 0.29) is 0 Å². The van der Waals surface area contributed by atoms with Gasteiger partial charge in [-0.1, -0.05) is 12.1 Å². The molecule has 0 amide bonds. The highest BCUT2D eigenvalue weighted by Gasteiger charge is 2.10. The summed E-state index contributed by atoms with van der Waals surface area (Å²) in [5.74, 6) is 1.67. The van der Waals surface area contributed by atoms with Crippen LogP contribution in [0, 0.1) is 12.8 Å². The molecule has 96 valence electrons. The van der Waals surface area contributed by atoms with Crippen LogP contribution in [0.3, 0.4) is 0 Å². The number of aromatic nitrogens is 3. The Morgan fingerprint density at radius 2 is 2.28 bits per heavy atom. The zero-order chi connectivity index (χ0) is 13.0. The van der Waals surface area contributed by atoms with Crippen LogP contribution in [0.15, 0.2) is 22.9 Å². The highest BCUT2D eigenvalue weighted by atomic mass is 16.5. The maximum Gasteiger partial charge on any atom is 0.227 e. The van der Waals surface area contributed by atoms with Crippen LogP contribution in [-0.2, 0) is 6.42 Å². The highest BCUT2D eigenvalue weighted by Crippen LogP contribution is 2.15. The van der Waals surface area contributed by atoms with Crippen molar-refractivity contribution in [3.8, 4) is 11.5 Å². The van der Waals surface area contributed by atoms with Gasteiger partial charge in [0.15, 0.2) is 0 Å². The number of pyridine rings is 1. The molecule has 0 fully saturated rings. The normalized spacial score (nSPS) is 12.6. The van der Waals surface area contributed by atoms with Crippen molar-refractivity contribution in [1.82, 2.24) is 15.1 Å². The number of nitrogens with two attached hydrogens (primary N) is 1. The Hall–Kier alpha value is -1.75. The summed E-state index contributed by atoms with van der Waals surface area (Å²) >= 11 is 0. The Bertz CT molecular complexity index is 509. The molecule has 2 rings (SSSR count). The third kappa shape index (κ3) is 3.13. The summed E-state index contributed by atoms with van der Waals surface area (Å²) < 4.78 is 5.21. The van der Waals surface area contributed by atoms with Gasteiger partial charge >= 0.3 is 0 Å². The molecule has 1 unspecified atom stereocenters. The molecular weight excluding hydrogens is 228 g/mol. The van der Waals surface area contributed by atoms with Crippen LogP contribution in [0.2, 0.25) is 0 Å². The molecule has 0 saturated heterocycles. The van der Waals surface area contributed by atoms with Crippen molar-refractivity contribution in [2.75, 3.05) is 6.54 Å². The highest BCUT2D eigenvalue weighted by molar-refractivity contribution is 5.48. The molecule has 2 aromatic heterocycles. The summed E-state index contributed by atoms with van der Waals surface area (Å²) in [5, 5.41) is 3.95. The lowest BCUT2D eigenvalue weighted by Crippen LogP contribution is -2.11. The molecule has 0 saturated carbocycles. The first-order chi connectivity index (χ1) is 8.69. The third-order valence-electron chi connectivity index (χ3n) is 2.87. The molecule has 0 aromatic carbocycles. The fourth-order valence-electron chi connectivity index (χ4n) is 1.61. The Balaban J connectivity index is 2.06. The Morgan fingerprint density at radius 1 is 1.44 bits per heavy atom. The average molecular weight is 246 g/mol. The van der Waals surface area contributed by atoms with Crippen molar-refractivity contribution in [2.24, 2.45) is 11.7 Å². The van der Waals surface area contributed by atoms with Crippen LogP contribution in [-0.4, -0.2) is 21.7 Å². The molecule has 2 heterocycles. The lowest BCUT2D eigenvalue weighted by Gasteiger charge is -2.03. The molecule has 5 nitrogen and oxygen atoms in total. The molecule has 2 aromatic rings. The minimum absolute atomic E-state index is 0.470. The summed E-state index contributed by atoms with van der Waals surface area (Å²) in [7, 11) is 0. The number of aryl methyl sites for hydroxylation is 2. The Labute approximate surface area is 106 Å². The van der Waals surface area contributed by atoms with Gasteiger partial charge in [0.25, 0.3) is 0 Å². The van der Waals surface area contributed by atoms with Gasteiger partial charge in [0.05, 0.1) is 0 Å². The molecule has 0 spiro atoms. The molecule has 5 heteroatoms. The molecule has 1 atom stereocenters. The molecule has 2 N–H and O–H groups in total. The second kappa shape index (κ2) is 5.73. The summed E-state index contributed by atoms with van der Waals surface area (Å²) in [6.45, 7) is 4.80.